The molecule has 1 saturated carbocycles. The maximum Gasteiger partial charge on any atom is 0.231 e. The molecule has 0 unspecified atom stereocenters. The Labute approximate surface area is 96.0 Å². The second-order valence-electron chi connectivity index (χ2n) is 4.81. The van der Waals surface area contributed by atoms with E-state index in [9.17, 15) is 4.79 Å². The van der Waals surface area contributed by atoms with Gasteiger partial charge in [0.2, 0.25) is 5.91 Å². The number of aryl methyl sites for hydroxylation is 2. The van der Waals surface area contributed by atoms with Gasteiger partial charge >= 0.3 is 0 Å². The summed E-state index contributed by atoms with van der Waals surface area (Å²) < 4.78 is 0. The number of nitrogens with one attached hydrogen (secondary N) is 1. The van der Waals surface area contributed by atoms with Gasteiger partial charge in [-0.2, -0.15) is 0 Å². The lowest BCUT2D eigenvalue weighted by Gasteiger charge is -2.13. The van der Waals surface area contributed by atoms with Crippen LogP contribution in [0.3, 0.4) is 0 Å². The first-order chi connectivity index (χ1) is 7.55. The lowest BCUT2D eigenvalue weighted by molar-refractivity contribution is -0.120. The molecule has 2 rings (SSSR count). The van der Waals surface area contributed by atoms with Crippen LogP contribution in [0.4, 0.5) is 5.69 Å². The number of nitrogens with two attached hydrogens (primary N) is 1. The van der Waals surface area contributed by atoms with E-state index in [4.69, 9.17) is 5.73 Å². The molecule has 0 spiro atoms. The van der Waals surface area contributed by atoms with Crippen LogP contribution in [0.2, 0.25) is 0 Å². The molecule has 3 N–H and O–H groups in total. The van der Waals surface area contributed by atoms with E-state index in [0.29, 0.717) is 6.54 Å². The minimum absolute atomic E-state index is 0.0694. The Bertz CT molecular complexity index is 402. The molecule has 1 amide bonds. The highest BCUT2D eigenvalue weighted by atomic mass is 16.2. The molecule has 0 saturated heterocycles. The Morgan fingerprint density at radius 2 is 1.88 bits per heavy atom. The van der Waals surface area contributed by atoms with Gasteiger partial charge in [0.25, 0.3) is 0 Å². The Hall–Kier alpha value is -1.35. The lowest BCUT2D eigenvalue weighted by atomic mass is 10.1. The zero-order chi connectivity index (χ0) is 11.8. The van der Waals surface area contributed by atoms with Crippen molar-refractivity contribution in [1.29, 1.82) is 0 Å². The van der Waals surface area contributed by atoms with Crippen LogP contribution in [0.5, 0.6) is 0 Å². The average Bonchev–Trinajstić information content (AvgIpc) is 2.96. The van der Waals surface area contributed by atoms with Crippen LogP contribution >= 0.6 is 0 Å². The zero-order valence-electron chi connectivity index (χ0n) is 9.84. The zero-order valence-corrected chi connectivity index (χ0v) is 9.84. The summed E-state index contributed by atoms with van der Waals surface area (Å²) in [7, 11) is 0. The number of hydrogen-bond acceptors (Lipinski definition) is 2. The highest BCUT2D eigenvalue weighted by Crippen LogP contribution is 2.45. The minimum Gasteiger partial charge on any atom is -0.329 e. The predicted molar refractivity (Wildman–Crippen MR) is 65.3 cm³/mol. The number of benzene rings is 1. The second kappa shape index (κ2) is 3.91. The molecule has 0 heterocycles. The van der Waals surface area contributed by atoms with Crippen LogP contribution in [0.1, 0.15) is 24.0 Å². The summed E-state index contributed by atoms with van der Waals surface area (Å²) in [6.45, 7) is 4.50. The fourth-order valence-electron chi connectivity index (χ4n) is 1.99. The van der Waals surface area contributed by atoms with Gasteiger partial charge in [-0.15, -0.1) is 0 Å². The van der Waals surface area contributed by atoms with Crippen LogP contribution in [-0.2, 0) is 4.79 Å². The van der Waals surface area contributed by atoms with Crippen molar-refractivity contribution in [3.63, 3.8) is 0 Å². The van der Waals surface area contributed by atoms with Gasteiger partial charge in [-0.25, -0.2) is 0 Å². The van der Waals surface area contributed by atoms with Crippen molar-refractivity contribution in [2.75, 3.05) is 11.9 Å². The van der Waals surface area contributed by atoms with Gasteiger partial charge in [-0.3, -0.25) is 4.79 Å². The monoisotopic (exact) mass is 218 g/mol. The van der Waals surface area contributed by atoms with Crippen LogP contribution in [0, 0.1) is 19.3 Å². The molecule has 0 aliphatic heterocycles. The number of carbonyl (C=O) groups is 1. The van der Waals surface area contributed by atoms with E-state index in [1.165, 1.54) is 0 Å². The first-order valence-electron chi connectivity index (χ1n) is 5.66. The number of rotatable bonds is 3. The number of anilines is 1. The van der Waals surface area contributed by atoms with Crippen LogP contribution in [-0.4, -0.2) is 12.5 Å². The third-order valence-electron chi connectivity index (χ3n) is 3.21. The van der Waals surface area contributed by atoms with Crippen LogP contribution < -0.4 is 11.1 Å². The van der Waals surface area contributed by atoms with E-state index in [-0.39, 0.29) is 11.3 Å². The van der Waals surface area contributed by atoms with E-state index in [1.54, 1.807) is 0 Å². The molecule has 1 fully saturated rings. The lowest BCUT2D eigenvalue weighted by Crippen LogP contribution is -2.30. The maximum atomic E-state index is 12.0. The standard InChI is InChI=1S/C13H18N2O/c1-9-5-10(2)7-11(6-9)15-12(16)13(8-14)3-4-13/h5-7H,3-4,8,14H2,1-2H3,(H,15,16). The molecule has 3 heteroatoms. The SMILES string of the molecule is Cc1cc(C)cc(NC(=O)C2(CN)CC2)c1. The molecule has 86 valence electrons. The molecule has 0 bridgehead atoms. The molecule has 1 aromatic rings. The van der Waals surface area contributed by atoms with Crippen molar-refractivity contribution in [3.05, 3.63) is 29.3 Å². The van der Waals surface area contributed by atoms with E-state index < -0.39 is 0 Å². The van der Waals surface area contributed by atoms with Crippen LogP contribution in [0.15, 0.2) is 18.2 Å². The largest absolute Gasteiger partial charge is 0.329 e. The molecule has 1 aliphatic rings. The summed E-state index contributed by atoms with van der Waals surface area (Å²) in [5.41, 5.74) is 8.54. The quantitative estimate of drug-likeness (QED) is 0.815. The van der Waals surface area contributed by atoms with Gasteiger partial charge in [0.1, 0.15) is 0 Å². The third-order valence-corrected chi connectivity index (χ3v) is 3.21. The molecular weight excluding hydrogens is 200 g/mol. The number of amides is 1. The number of hydrogen-bond donors (Lipinski definition) is 2. The Kier molecular flexibility index (Phi) is 2.72. The van der Waals surface area contributed by atoms with Crippen molar-refractivity contribution in [3.8, 4) is 0 Å². The van der Waals surface area contributed by atoms with Gasteiger partial charge in [0.15, 0.2) is 0 Å². The van der Waals surface area contributed by atoms with Gasteiger partial charge in [0, 0.05) is 12.2 Å². The van der Waals surface area contributed by atoms with Gasteiger partial charge in [-0.05, 0) is 49.9 Å². The van der Waals surface area contributed by atoms with E-state index in [2.05, 4.69) is 11.4 Å². The highest BCUT2D eigenvalue weighted by Gasteiger charge is 2.48. The van der Waals surface area contributed by atoms with Gasteiger partial charge in [-0.1, -0.05) is 6.07 Å². The summed E-state index contributed by atoms with van der Waals surface area (Å²) >= 11 is 0. The van der Waals surface area contributed by atoms with E-state index >= 15 is 0 Å². The minimum atomic E-state index is -0.280. The Morgan fingerprint density at radius 3 is 2.31 bits per heavy atom. The smallest absolute Gasteiger partial charge is 0.231 e. The van der Waals surface area contributed by atoms with Crippen molar-refractivity contribution >= 4 is 11.6 Å². The summed E-state index contributed by atoms with van der Waals surface area (Å²) in [5.74, 6) is 0.0694. The molecule has 1 aromatic carbocycles. The molecule has 0 atom stereocenters. The maximum absolute atomic E-state index is 12.0. The molecular formula is C13H18N2O. The Morgan fingerprint density at radius 1 is 1.31 bits per heavy atom. The van der Waals surface area contributed by atoms with Crippen molar-refractivity contribution in [2.45, 2.75) is 26.7 Å². The summed E-state index contributed by atoms with van der Waals surface area (Å²) in [4.78, 5) is 12.0. The summed E-state index contributed by atoms with van der Waals surface area (Å²) in [6.07, 6.45) is 1.83. The first kappa shape index (κ1) is 11.1. The van der Waals surface area contributed by atoms with Crippen molar-refractivity contribution in [1.82, 2.24) is 0 Å². The normalized spacial score (nSPS) is 16.9. The fourth-order valence-corrected chi connectivity index (χ4v) is 1.99. The fraction of sp³-hybridized carbons (Fsp3) is 0.462. The van der Waals surface area contributed by atoms with Crippen molar-refractivity contribution in [2.24, 2.45) is 11.1 Å². The number of carbonyl (C=O) groups excluding carboxylic acids is 1. The van der Waals surface area contributed by atoms with Gasteiger partial charge < -0.3 is 11.1 Å². The Balaban J connectivity index is 2.12. The molecule has 0 aromatic heterocycles. The van der Waals surface area contributed by atoms with Crippen molar-refractivity contribution < 1.29 is 4.79 Å². The molecule has 0 radical (unpaired) electrons. The second-order valence-corrected chi connectivity index (χ2v) is 4.81. The topological polar surface area (TPSA) is 55.1 Å². The van der Waals surface area contributed by atoms with Crippen LogP contribution in [0.25, 0.3) is 0 Å². The molecule has 1 aliphatic carbocycles. The van der Waals surface area contributed by atoms with E-state index in [0.717, 1.165) is 29.7 Å². The van der Waals surface area contributed by atoms with Gasteiger partial charge in [0.05, 0.1) is 5.41 Å². The summed E-state index contributed by atoms with van der Waals surface area (Å²) in [6, 6.07) is 6.06. The summed E-state index contributed by atoms with van der Waals surface area (Å²) in [5, 5.41) is 2.96. The average molecular weight is 218 g/mol. The van der Waals surface area contributed by atoms with E-state index in [1.807, 2.05) is 26.0 Å². The molecule has 3 nitrogen and oxygen atoms in total. The first-order valence-corrected chi connectivity index (χ1v) is 5.66. The third kappa shape index (κ3) is 2.09. The molecule has 16 heavy (non-hydrogen) atoms. The highest BCUT2D eigenvalue weighted by molar-refractivity contribution is 5.97. The predicted octanol–water partition coefficient (Wildman–Crippen LogP) is 1.98.